The van der Waals surface area contributed by atoms with Gasteiger partial charge in [0.1, 0.15) is 10.6 Å². The van der Waals surface area contributed by atoms with Gasteiger partial charge in [0, 0.05) is 16.3 Å². The van der Waals surface area contributed by atoms with Crippen LogP contribution in [0.1, 0.15) is 25.6 Å². The number of esters is 2. The van der Waals surface area contributed by atoms with E-state index in [1.807, 2.05) is 24.3 Å². The predicted octanol–water partition coefficient (Wildman–Crippen LogP) is 6.31. The quantitative estimate of drug-likeness (QED) is 0.203. The number of fused-ring (bicyclic) bond motifs is 1. The fourth-order valence-electron chi connectivity index (χ4n) is 2.87. The zero-order valence-electron chi connectivity index (χ0n) is 16.4. The summed E-state index contributed by atoms with van der Waals surface area (Å²) in [5, 5.41) is 1.25. The summed E-state index contributed by atoms with van der Waals surface area (Å²) >= 11 is 7.65. The number of rotatable bonds is 5. The maximum atomic E-state index is 12.5. The first-order chi connectivity index (χ1) is 15.0. The molecule has 0 atom stereocenters. The Bertz CT molecular complexity index is 1280. The van der Waals surface area contributed by atoms with E-state index in [9.17, 15) is 9.59 Å². The first-order valence-corrected chi connectivity index (χ1v) is 10.5. The van der Waals surface area contributed by atoms with Crippen LogP contribution in [0.2, 0.25) is 5.02 Å². The molecule has 0 bridgehead atoms. The third-order valence-corrected chi connectivity index (χ3v) is 6.12. The second-order valence-corrected chi connectivity index (χ2v) is 7.93. The molecule has 0 unspecified atom stereocenters. The lowest BCUT2D eigenvalue weighted by atomic mass is 10.2. The number of halogens is 1. The van der Waals surface area contributed by atoms with Gasteiger partial charge in [0.05, 0.1) is 23.4 Å². The zero-order valence-corrected chi connectivity index (χ0v) is 17.9. The molecule has 0 saturated carbocycles. The van der Waals surface area contributed by atoms with E-state index in [1.54, 1.807) is 54.7 Å². The summed E-state index contributed by atoms with van der Waals surface area (Å²) in [4.78, 5) is 28.8. The van der Waals surface area contributed by atoms with Gasteiger partial charge >= 0.3 is 11.9 Å². The number of carbonyl (C=O) groups excluding carboxylic acids is 2. The van der Waals surface area contributed by atoms with Gasteiger partial charge in [-0.1, -0.05) is 29.8 Å². The average molecular weight is 450 g/mol. The second kappa shape index (κ2) is 9.12. The number of methoxy groups -OCH3 is 1. The van der Waals surface area contributed by atoms with E-state index < -0.39 is 11.9 Å². The topological polar surface area (TPSA) is 65.0 Å². The van der Waals surface area contributed by atoms with E-state index in [0.717, 1.165) is 15.6 Å². The number of nitrogens with zero attached hydrogens (tertiary/aromatic N) is 1. The maximum absolute atomic E-state index is 12.5. The largest absolute Gasteiger partial charge is 0.465 e. The monoisotopic (exact) mass is 449 g/mol. The first kappa shape index (κ1) is 20.8. The molecular formula is C24H16ClNO4S. The van der Waals surface area contributed by atoms with Gasteiger partial charge in [-0.25, -0.2) is 9.59 Å². The molecule has 0 spiro atoms. The summed E-state index contributed by atoms with van der Waals surface area (Å²) < 4.78 is 11.1. The Morgan fingerprint density at radius 2 is 1.65 bits per heavy atom. The molecule has 0 aliphatic rings. The van der Waals surface area contributed by atoms with Crippen LogP contribution in [0.5, 0.6) is 5.75 Å². The van der Waals surface area contributed by atoms with Crippen molar-refractivity contribution in [2.75, 3.05) is 7.11 Å². The summed E-state index contributed by atoms with van der Waals surface area (Å²) in [7, 11) is 1.34. The summed E-state index contributed by atoms with van der Waals surface area (Å²) in [6, 6.07) is 21.3. The van der Waals surface area contributed by atoms with Gasteiger partial charge in [0.25, 0.3) is 0 Å². The highest BCUT2D eigenvalue weighted by Gasteiger charge is 2.18. The van der Waals surface area contributed by atoms with Gasteiger partial charge in [0.2, 0.25) is 0 Å². The number of hydrogen-bond acceptors (Lipinski definition) is 6. The highest BCUT2D eigenvalue weighted by Crippen LogP contribution is 2.35. The SMILES string of the molecule is COC(=O)c1ccc(N=Cc2ccc(OC(=O)c3sc4ccccc4c3Cl)cc2)cc1. The molecule has 0 aliphatic carbocycles. The Morgan fingerprint density at radius 3 is 2.32 bits per heavy atom. The molecule has 0 aliphatic heterocycles. The standard InChI is InChI=1S/C24H16ClNO4S/c1-29-23(27)16-8-10-17(11-9-16)26-14-15-6-12-18(13-7-15)30-24(28)22-21(25)19-4-2-3-5-20(19)31-22/h2-14H,1H3. The lowest BCUT2D eigenvalue weighted by Crippen LogP contribution is -2.06. The van der Waals surface area contributed by atoms with Crippen LogP contribution in [-0.4, -0.2) is 25.3 Å². The first-order valence-electron chi connectivity index (χ1n) is 9.27. The number of aliphatic imine (C=N–C) groups is 1. The normalized spacial score (nSPS) is 11.0. The number of thiophene rings is 1. The smallest absolute Gasteiger partial charge is 0.355 e. The van der Waals surface area contributed by atoms with E-state index >= 15 is 0 Å². The van der Waals surface area contributed by atoms with E-state index in [1.165, 1.54) is 18.4 Å². The minimum Gasteiger partial charge on any atom is -0.465 e. The van der Waals surface area contributed by atoms with E-state index in [0.29, 0.717) is 26.9 Å². The van der Waals surface area contributed by atoms with Crippen molar-refractivity contribution in [3.8, 4) is 5.75 Å². The highest BCUT2D eigenvalue weighted by atomic mass is 35.5. The van der Waals surface area contributed by atoms with Crippen LogP contribution in [0.3, 0.4) is 0 Å². The fourth-order valence-corrected chi connectivity index (χ4v) is 4.26. The molecule has 31 heavy (non-hydrogen) atoms. The maximum Gasteiger partial charge on any atom is 0.355 e. The van der Waals surface area contributed by atoms with Crippen LogP contribution < -0.4 is 4.74 Å². The fraction of sp³-hybridized carbons (Fsp3) is 0.0417. The summed E-state index contributed by atoms with van der Waals surface area (Å²) in [5.41, 5.74) is 1.99. The Labute approximate surface area is 187 Å². The molecule has 1 heterocycles. The summed E-state index contributed by atoms with van der Waals surface area (Å²) in [5.74, 6) is -0.464. The van der Waals surface area contributed by atoms with Gasteiger partial charge < -0.3 is 9.47 Å². The molecule has 1 aromatic heterocycles. The van der Waals surface area contributed by atoms with Crippen molar-refractivity contribution in [2.45, 2.75) is 0 Å². The van der Waals surface area contributed by atoms with Crippen molar-refractivity contribution in [1.82, 2.24) is 0 Å². The Hall–Kier alpha value is -3.48. The minimum atomic E-state index is -0.488. The number of carbonyl (C=O) groups is 2. The molecule has 4 rings (SSSR count). The molecule has 4 aromatic rings. The average Bonchev–Trinajstić information content (AvgIpc) is 3.15. The molecule has 0 amide bonds. The Morgan fingerprint density at radius 1 is 0.935 bits per heavy atom. The van der Waals surface area contributed by atoms with Crippen molar-refractivity contribution >= 4 is 56.9 Å². The molecule has 0 fully saturated rings. The van der Waals surface area contributed by atoms with E-state index in [2.05, 4.69) is 9.73 Å². The van der Waals surface area contributed by atoms with Crippen LogP contribution in [0, 0.1) is 0 Å². The van der Waals surface area contributed by atoms with Crippen LogP contribution in [0.4, 0.5) is 5.69 Å². The Balaban J connectivity index is 1.43. The lowest BCUT2D eigenvalue weighted by molar-refractivity contribution is 0.0600. The molecule has 5 nitrogen and oxygen atoms in total. The molecule has 0 saturated heterocycles. The van der Waals surface area contributed by atoms with Crippen molar-refractivity contribution in [3.63, 3.8) is 0 Å². The van der Waals surface area contributed by atoms with Crippen LogP contribution in [-0.2, 0) is 4.74 Å². The molecular weight excluding hydrogens is 434 g/mol. The minimum absolute atomic E-state index is 0.379. The van der Waals surface area contributed by atoms with Gasteiger partial charge in [-0.3, -0.25) is 4.99 Å². The van der Waals surface area contributed by atoms with E-state index in [4.69, 9.17) is 16.3 Å². The van der Waals surface area contributed by atoms with Gasteiger partial charge in [-0.05, 0) is 60.2 Å². The third kappa shape index (κ3) is 4.66. The van der Waals surface area contributed by atoms with Crippen LogP contribution >= 0.6 is 22.9 Å². The Kier molecular flexibility index (Phi) is 6.11. The van der Waals surface area contributed by atoms with Crippen LogP contribution in [0.15, 0.2) is 77.8 Å². The second-order valence-electron chi connectivity index (χ2n) is 6.50. The summed E-state index contributed by atoms with van der Waals surface area (Å²) in [6.07, 6.45) is 1.68. The van der Waals surface area contributed by atoms with Crippen molar-refractivity contribution in [1.29, 1.82) is 0 Å². The van der Waals surface area contributed by atoms with E-state index in [-0.39, 0.29) is 0 Å². The van der Waals surface area contributed by atoms with Crippen molar-refractivity contribution in [2.24, 2.45) is 4.99 Å². The van der Waals surface area contributed by atoms with Crippen molar-refractivity contribution < 1.29 is 19.1 Å². The number of hydrogen-bond donors (Lipinski definition) is 0. The van der Waals surface area contributed by atoms with Gasteiger partial charge in [0.15, 0.2) is 0 Å². The molecule has 0 radical (unpaired) electrons. The summed E-state index contributed by atoms with van der Waals surface area (Å²) in [6.45, 7) is 0. The highest BCUT2D eigenvalue weighted by molar-refractivity contribution is 7.21. The molecule has 7 heteroatoms. The van der Waals surface area contributed by atoms with Gasteiger partial charge in [-0.15, -0.1) is 11.3 Å². The molecule has 0 N–H and O–H groups in total. The zero-order chi connectivity index (χ0) is 21.8. The van der Waals surface area contributed by atoms with Crippen molar-refractivity contribution in [3.05, 3.63) is 93.8 Å². The van der Waals surface area contributed by atoms with Gasteiger partial charge in [-0.2, -0.15) is 0 Å². The number of benzene rings is 3. The predicted molar refractivity (Wildman–Crippen MR) is 123 cm³/mol. The molecule has 3 aromatic carbocycles. The lowest BCUT2D eigenvalue weighted by Gasteiger charge is -2.03. The van der Waals surface area contributed by atoms with Crippen LogP contribution in [0.25, 0.3) is 10.1 Å². The number of ether oxygens (including phenoxy) is 2. The molecule has 154 valence electrons. The third-order valence-electron chi connectivity index (χ3n) is 4.46.